The first-order valence-corrected chi connectivity index (χ1v) is 5.03. The van der Waals surface area contributed by atoms with E-state index in [1.807, 2.05) is 0 Å². The van der Waals surface area contributed by atoms with Gasteiger partial charge in [0.05, 0.1) is 5.69 Å². The van der Waals surface area contributed by atoms with E-state index >= 15 is 0 Å². The molecule has 0 atom stereocenters. The fourth-order valence-electron chi connectivity index (χ4n) is 1.62. The minimum atomic E-state index is -0.456. The van der Waals surface area contributed by atoms with E-state index < -0.39 is 5.82 Å². The lowest BCUT2D eigenvalue weighted by Crippen LogP contribution is -2.00. The maximum absolute atomic E-state index is 13.0. The Hall–Kier alpha value is -2.23. The van der Waals surface area contributed by atoms with Gasteiger partial charge in [-0.15, -0.1) is 0 Å². The van der Waals surface area contributed by atoms with Crippen LogP contribution in [0.15, 0.2) is 36.5 Å². The first-order valence-electron chi connectivity index (χ1n) is 5.03. The molecule has 0 saturated carbocycles. The van der Waals surface area contributed by atoms with Gasteiger partial charge in [-0.2, -0.15) is 0 Å². The highest BCUT2D eigenvalue weighted by atomic mass is 19.1. The Balaban J connectivity index is 2.40. The maximum atomic E-state index is 13.0. The van der Waals surface area contributed by atoms with Crippen LogP contribution in [0.1, 0.15) is 26.4 Å². The lowest BCUT2D eigenvalue weighted by Gasteiger charge is -1.97. The molecule has 17 heavy (non-hydrogen) atoms. The summed E-state index contributed by atoms with van der Waals surface area (Å²) < 4.78 is 14.5. The van der Waals surface area contributed by atoms with Crippen LogP contribution >= 0.6 is 0 Å². The third kappa shape index (κ3) is 2.15. The van der Waals surface area contributed by atoms with Gasteiger partial charge >= 0.3 is 0 Å². The van der Waals surface area contributed by atoms with Crippen molar-refractivity contribution >= 4 is 12.1 Å². The lowest BCUT2D eigenvalue weighted by atomic mass is 10.1. The lowest BCUT2D eigenvalue weighted by molar-refractivity contribution is 0.103. The number of aldehydes is 1. The van der Waals surface area contributed by atoms with E-state index in [1.54, 1.807) is 23.9 Å². The van der Waals surface area contributed by atoms with Crippen LogP contribution in [0.25, 0.3) is 0 Å². The summed E-state index contributed by atoms with van der Waals surface area (Å²) in [5.74, 6) is -0.754. The van der Waals surface area contributed by atoms with Gasteiger partial charge in [0.25, 0.3) is 0 Å². The van der Waals surface area contributed by atoms with Crippen molar-refractivity contribution in [2.24, 2.45) is 7.05 Å². The average molecular weight is 231 g/mol. The van der Waals surface area contributed by atoms with Gasteiger partial charge in [-0.3, -0.25) is 9.59 Å². The van der Waals surface area contributed by atoms with Crippen molar-refractivity contribution in [1.82, 2.24) is 4.57 Å². The standard InChI is InChI=1S/C13H10FNO2/c1-15-7-10(6-12(15)8-16)13(17)9-3-2-4-11(14)5-9/h2-8H,1H3. The number of aryl methyl sites for hydroxylation is 1. The van der Waals surface area contributed by atoms with Crippen LogP contribution < -0.4 is 0 Å². The molecule has 0 radical (unpaired) electrons. The molecule has 4 heteroatoms. The zero-order valence-electron chi connectivity index (χ0n) is 9.18. The van der Waals surface area contributed by atoms with Gasteiger partial charge < -0.3 is 4.57 Å². The average Bonchev–Trinajstić information content (AvgIpc) is 2.69. The molecule has 0 amide bonds. The highest BCUT2D eigenvalue weighted by molar-refractivity contribution is 6.09. The minimum absolute atomic E-state index is 0.271. The molecule has 1 heterocycles. The first kappa shape index (κ1) is 11.3. The summed E-state index contributed by atoms with van der Waals surface area (Å²) in [5.41, 5.74) is 1.05. The molecule has 86 valence electrons. The van der Waals surface area contributed by atoms with Crippen molar-refractivity contribution in [1.29, 1.82) is 0 Å². The van der Waals surface area contributed by atoms with Gasteiger partial charge in [0, 0.05) is 24.4 Å². The first-order chi connectivity index (χ1) is 8.11. The molecule has 0 unspecified atom stereocenters. The predicted molar refractivity (Wildman–Crippen MR) is 60.6 cm³/mol. The number of carbonyl (C=O) groups is 2. The maximum Gasteiger partial charge on any atom is 0.194 e. The molecule has 0 fully saturated rings. The van der Waals surface area contributed by atoms with Crippen LogP contribution in [0.4, 0.5) is 4.39 Å². The molecule has 0 aliphatic heterocycles. The van der Waals surface area contributed by atoms with E-state index in [0.29, 0.717) is 17.5 Å². The number of aromatic nitrogens is 1. The van der Waals surface area contributed by atoms with Crippen molar-refractivity contribution in [2.75, 3.05) is 0 Å². The SMILES string of the molecule is Cn1cc(C(=O)c2cccc(F)c2)cc1C=O. The smallest absolute Gasteiger partial charge is 0.194 e. The van der Waals surface area contributed by atoms with Crippen LogP contribution in [0.2, 0.25) is 0 Å². The third-order valence-electron chi connectivity index (χ3n) is 2.51. The molecule has 3 nitrogen and oxygen atoms in total. The van der Waals surface area contributed by atoms with E-state index in [0.717, 1.165) is 0 Å². The molecule has 2 rings (SSSR count). The molecular weight excluding hydrogens is 221 g/mol. The van der Waals surface area contributed by atoms with Crippen LogP contribution in [0.3, 0.4) is 0 Å². The van der Waals surface area contributed by atoms with Crippen molar-refractivity contribution in [3.8, 4) is 0 Å². The Kier molecular flexibility index (Phi) is 2.87. The third-order valence-corrected chi connectivity index (χ3v) is 2.51. The van der Waals surface area contributed by atoms with Gasteiger partial charge in [0.1, 0.15) is 5.82 Å². The van der Waals surface area contributed by atoms with E-state index in [4.69, 9.17) is 0 Å². The van der Waals surface area contributed by atoms with E-state index in [2.05, 4.69) is 0 Å². The molecular formula is C13H10FNO2. The minimum Gasteiger partial charge on any atom is -0.348 e. The van der Waals surface area contributed by atoms with Gasteiger partial charge in [-0.1, -0.05) is 12.1 Å². The normalized spacial score (nSPS) is 10.2. The summed E-state index contributed by atoms with van der Waals surface area (Å²) in [6.45, 7) is 0. The fourth-order valence-corrected chi connectivity index (χ4v) is 1.62. The Labute approximate surface area is 97.5 Å². The summed E-state index contributed by atoms with van der Waals surface area (Å²) in [7, 11) is 1.67. The zero-order valence-corrected chi connectivity index (χ0v) is 9.18. The predicted octanol–water partition coefficient (Wildman–Crippen LogP) is 2.21. The summed E-state index contributed by atoms with van der Waals surface area (Å²) in [4.78, 5) is 22.6. The van der Waals surface area contributed by atoms with Crippen LogP contribution in [-0.2, 0) is 7.05 Å². The van der Waals surface area contributed by atoms with E-state index in [-0.39, 0.29) is 11.3 Å². The Morgan fingerprint density at radius 1 is 1.29 bits per heavy atom. The second-order valence-electron chi connectivity index (χ2n) is 3.72. The molecule has 1 aromatic heterocycles. The number of hydrogen-bond acceptors (Lipinski definition) is 2. The highest BCUT2D eigenvalue weighted by Crippen LogP contribution is 2.13. The second kappa shape index (κ2) is 4.33. The quantitative estimate of drug-likeness (QED) is 0.600. The number of benzene rings is 1. The molecule has 0 aliphatic carbocycles. The van der Waals surface area contributed by atoms with Crippen LogP contribution in [0, 0.1) is 5.82 Å². The summed E-state index contributed by atoms with van der Waals surface area (Å²) in [6.07, 6.45) is 2.22. The monoisotopic (exact) mass is 231 g/mol. The molecule has 2 aromatic rings. The molecule has 0 saturated heterocycles. The summed E-state index contributed by atoms with van der Waals surface area (Å²) in [6, 6.07) is 6.96. The second-order valence-corrected chi connectivity index (χ2v) is 3.72. The molecule has 0 aliphatic rings. The van der Waals surface area contributed by atoms with E-state index in [9.17, 15) is 14.0 Å². The number of nitrogens with zero attached hydrogens (tertiary/aromatic N) is 1. The van der Waals surface area contributed by atoms with Gasteiger partial charge in [-0.05, 0) is 18.2 Å². The van der Waals surface area contributed by atoms with Gasteiger partial charge in [0.15, 0.2) is 12.1 Å². The number of rotatable bonds is 3. The van der Waals surface area contributed by atoms with Crippen molar-refractivity contribution in [2.45, 2.75) is 0 Å². The summed E-state index contributed by atoms with van der Waals surface area (Å²) in [5, 5.41) is 0. The van der Waals surface area contributed by atoms with Crippen LogP contribution in [-0.4, -0.2) is 16.6 Å². The Bertz CT molecular complexity index is 587. The number of carbonyl (C=O) groups excluding carboxylic acids is 2. The number of halogens is 1. The largest absolute Gasteiger partial charge is 0.348 e. The number of ketones is 1. The fraction of sp³-hybridized carbons (Fsp3) is 0.0769. The van der Waals surface area contributed by atoms with E-state index in [1.165, 1.54) is 24.3 Å². The van der Waals surface area contributed by atoms with Gasteiger partial charge in [0.2, 0.25) is 0 Å². The van der Waals surface area contributed by atoms with Crippen molar-refractivity contribution in [3.63, 3.8) is 0 Å². The summed E-state index contributed by atoms with van der Waals surface area (Å²) >= 11 is 0. The Morgan fingerprint density at radius 2 is 2.06 bits per heavy atom. The molecule has 0 bridgehead atoms. The molecule has 0 N–H and O–H groups in total. The topological polar surface area (TPSA) is 39.1 Å². The highest BCUT2D eigenvalue weighted by Gasteiger charge is 2.13. The van der Waals surface area contributed by atoms with Crippen molar-refractivity contribution in [3.05, 3.63) is 59.2 Å². The zero-order chi connectivity index (χ0) is 12.4. The van der Waals surface area contributed by atoms with Crippen molar-refractivity contribution < 1.29 is 14.0 Å². The number of hydrogen-bond donors (Lipinski definition) is 0. The van der Waals surface area contributed by atoms with Gasteiger partial charge in [-0.25, -0.2) is 4.39 Å². The molecule has 0 spiro atoms. The Morgan fingerprint density at radius 3 is 2.65 bits per heavy atom. The van der Waals surface area contributed by atoms with Crippen LogP contribution in [0.5, 0.6) is 0 Å². The molecule has 1 aromatic carbocycles.